The van der Waals surface area contributed by atoms with E-state index in [9.17, 15) is 8.42 Å². The van der Waals surface area contributed by atoms with Crippen LogP contribution in [0.5, 0.6) is 0 Å². The van der Waals surface area contributed by atoms with Gasteiger partial charge in [0.15, 0.2) is 9.84 Å². The van der Waals surface area contributed by atoms with Crippen LogP contribution in [0.4, 0.5) is 0 Å². The zero-order valence-corrected chi connectivity index (χ0v) is 7.45. The average molecular weight is 183 g/mol. The highest BCUT2D eigenvalue weighted by Gasteiger charge is 2.28. The molecule has 0 saturated heterocycles. The van der Waals surface area contributed by atoms with Crippen LogP contribution in [0.1, 0.15) is 19.3 Å². The van der Waals surface area contributed by atoms with Gasteiger partial charge in [-0.25, -0.2) is 8.42 Å². The van der Waals surface area contributed by atoms with Gasteiger partial charge in [-0.1, -0.05) is 12.8 Å². The number of sulfone groups is 1. The third-order valence-corrected chi connectivity index (χ3v) is 3.95. The molecule has 4 heteroatoms. The molecule has 1 unspecified atom stereocenters. The van der Waals surface area contributed by atoms with Gasteiger partial charge in [-0.3, -0.25) is 0 Å². The van der Waals surface area contributed by atoms with Crippen LogP contribution in [0.3, 0.4) is 0 Å². The molecule has 2 nitrogen and oxygen atoms in total. The molecule has 60 valence electrons. The van der Waals surface area contributed by atoms with Gasteiger partial charge in [-0.05, 0) is 12.3 Å². The van der Waals surface area contributed by atoms with Gasteiger partial charge >= 0.3 is 0 Å². The largest absolute Gasteiger partial charge is 0.228 e. The van der Waals surface area contributed by atoms with Crippen molar-refractivity contribution in [2.75, 3.05) is 6.26 Å². The van der Waals surface area contributed by atoms with Gasteiger partial charge in [0.2, 0.25) is 0 Å². The number of rotatable bonds is 3. The van der Waals surface area contributed by atoms with E-state index in [0.29, 0.717) is 12.3 Å². The van der Waals surface area contributed by atoms with Crippen molar-refractivity contribution in [3.63, 3.8) is 0 Å². The van der Waals surface area contributed by atoms with Gasteiger partial charge in [-0.2, -0.15) is 0 Å². The van der Waals surface area contributed by atoms with Crippen LogP contribution < -0.4 is 0 Å². The second-order valence-corrected chi connectivity index (χ2v) is 5.93. The summed E-state index contributed by atoms with van der Waals surface area (Å²) in [6.45, 7) is 0. The van der Waals surface area contributed by atoms with Gasteiger partial charge in [0.1, 0.15) is 4.71 Å². The summed E-state index contributed by atoms with van der Waals surface area (Å²) in [6, 6.07) is 0. The van der Waals surface area contributed by atoms with Crippen molar-refractivity contribution in [1.82, 2.24) is 0 Å². The maximum Gasteiger partial charge on any atom is 0.164 e. The third kappa shape index (κ3) is 2.46. The Morgan fingerprint density at radius 1 is 1.60 bits per heavy atom. The molecule has 0 spiro atoms. The van der Waals surface area contributed by atoms with E-state index in [1.54, 1.807) is 0 Å². The molecule has 0 radical (unpaired) electrons. The molecule has 0 aromatic rings. The fourth-order valence-electron chi connectivity index (χ4n) is 0.790. The molecule has 0 aromatic carbocycles. The summed E-state index contributed by atoms with van der Waals surface area (Å²) in [4.78, 5) is 0. The van der Waals surface area contributed by atoms with E-state index in [1.165, 1.54) is 6.26 Å². The van der Waals surface area contributed by atoms with Crippen molar-refractivity contribution in [2.24, 2.45) is 5.92 Å². The van der Waals surface area contributed by atoms with Gasteiger partial charge < -0.3 is 0 Å². The molecule has 0 amide bonds. The predicted octanol–water partition coefficient (Wildman–Crippen LogP) is 1.40. The fourth-order valence-corrected chi connectivity index (χ4v) is 1.66. The number of halogens is 1. The predicted molar refractivity (Wildman–Crippen MR) is 41.8 cm³/mol. The summed E-state index contributed by atoms with van der Waals surface area (Å²) in [7, 11) is -2.99. The smallest absolute Gasteiger partial charge is 0.164 e. The van der Waals surface area contributed by atoms with Gasteiger partial charge in [0, 0.05) is 6.26 Å². The Morgan fingerprint density at radius 3 is 2.40 bits per heavy atom. The number of alkyl halides is 1. The normalized spacial score (nSPS) is 22.6. The van der Waals surface area contributed by atoms with E-state index in [1.807, 2.05) is 0 Å². The molecule has 1 fully saturated rings. The third-order valence-electron chi connectivity index (χ3n) is 1.68. The topological polar surface area (TPSA) is 34.1 Å². The molecular formula is C6H11ClO2S. The van der Waals surface area contributed by atoms with Gasteiger partial charge in [0.05, 0.1) is 0 Å². The molecule has 1 atom stereocenters. The lowest BCUT2D eigenvalue weighted by Crippen LogP contribution is -2.13. The van der Waals surface area contributed by atoms with Crippen LogP contribution in [0.25, 0.3) is 0 Å². The highest BCUT2D eigenvalue weighted by Crippen LogP contribution is 2.35. The fraction of sp³-hybridized carbons (Fsp3) is 1.00. The Morgan fingerprint density at radius 2 is 2.10 bits per heavy atom. The molecule has 0 heterocycles. The zero-order chi connectivity index (χ0) is 7.78. The zero-order valence-electron chi connectivity index (χ0n) is 5.88. The summed E-state index contributed by atoms with van der Waals surface area (Å²) in [5.41, 5.74) is 0. The van der Waals surface area contributed by atoms with Crippen LogP contribution in [0.15, 0.2) is 0 Å². The maximum atomic E-state index is 10.8. The van der Waals surface area contributed by atoms with Crippen molar-refractivity contribution < 1.29 is 8.42 Å². The number of hydrogen-bond donors (Lipinski definition) is 0. The summed E-state index contributed by atoms with van der Waals surface area (Å²) in [5.74, 6) is 0.581. The Hall–Kier alpha value is 0.240. The second kappa shape index (κ2) is 2.70. The van der Waals surface area contributed by atoms with Crippen LogP contribution in [-0.2, 0) is 9.84 Å². The molecule has 10 heavy (non-hydrogen) atoms. The Kier molecular flexibility index (Phi) is 2.25. The van der Waals surface area contributed by atoms with E-state index < -0.39 is 14.5 Å². The van der Waals surface area contributed by atoms with Crippen LogP contribution in [-0.4, -0.2) is 19.4 Å². The summed E-state index contributed by atoms with van der Waals surface area (Å²) in [5, 5.41) is 0. The molecule has 0 aliphatic heterocycles. The number of hydrogen-bond acceptors (Lipinski definition) is 2. The Labute approximate surface area is 66.5 Å². The first-order chi connectivity index (χ1) is 4.50. The minimum Gasteiger partial charge on any atom is -0.228 e. The molecule has 0 N–H and O–H groups in total. The van der Waals surface area contributed by atoms with Crippen molar-refractivity contribution in [3.05, 3.63) is 0 Å². The lowest BCUT2D eigenvalue weighted by molar-refractivity contribution is 0.590. The summed E-state index contributed by atoms with van der Waals surface area (Å²) >= 11 is 5.60. The highest BCUT2D eigenvalue weighted by molar-refractivity contribution is 7.92. The quantitative estimate of drug-likeness (QED) is 0.619. The summed E-state index contributed by atoms with van der Waals surface area (Å²) < 4.78 is 20.9. The highest BCUT2D eigenvalue weighted by atomic mass is 35.5. The molecule has 0 bridgehead atoms. The molecule has 1 saturated carbocycles. The molecule has 1 rings (SSSR count). The first-order valence-electron chi connectivity index (χ1n) is 3.33. The van der Waals surface area contributed by atoms with Crippen LogP contribution >= 0.6 is 11.6 Å². The molecule has 1 aliphatic carbocycles. The van der Waals surface area contributed by atoms with E-state index in [-0.39, 0.29) is 0 Å². The summed E-state index contributed by atoms with van der Waals surface area (Å²) in [6.07, 6.45) is 4.13. The maximum absolute atomic E-state index is 10.8. The van der Waals surface area contributed by atoms with E-state index in [0.717, 1.165) is 12.8 Å². The first kappa shape index (κ1) is 8.34. The Balaban J connectivity index is 2.40. The second-order valence-electron chi connectivity index (χ2n) is 2.92. The standard InChI is InChI=1S/C6H11ClO2S/c1-10(8,9)6(7)4-5-2-3-5/h5-6H,2-4H2,1H3. The van der Waals surface area contributed by atoms with Gasteiger partial charge in [-0.15, -0.1) is 11.6 Å². The van der Waals surface area contributed by atoms with Crippen LogP contribution in [0.2, 0.25) is 0 Å². The minimum atomic E-state index is -2.99. The van der Waals surface area contributed by atoms with Gasteiger partial charge in [0.25, 0.3) is 0 Å². The van der Waals surface area contributed by atoms with Crippen LogP contribution in [0, 0.1) is 5.92 Å². The van der Waals surface area contributed by atoms with E-state index >= 15 is 0 Å². The van der Waals surface area contributed by atoms with Crippen molar-refractivity contribution >= 4 is 21.4 Å². The van der Waals surface area contributed by atoms with E-state index in [4.69, 9.17) is 11.6 Å². The lowest BCUT2D eigenvalue weighted by Gasteiger charge is -2.03. The monoisotopic (exact) mass is 182 g/mol. The average Bonchev–Trinajstić information content (AvgIpc) is 2.47. The Bertz CT molecular complexity index is 206. The minimum absolute atomic E-state index is 0.581. The molecular weight excluding hydrogens is 172 g/mol. The van der Waals surface area contributed by atoms with Crippen molar-refractivity contribution in [3.8, 4) is 0 Å². The SMILES string of the molecule is CS(=O)(=O)C(Cl)CC1CC1. The molecule has 0 aromatic heterocycles. The molecule has 1 aliphatic rings. The van der Waals surface area contributed by atoms with Crippen molar-refractivity contribution in [2.45, 2.75) is 24.0 Å². The van der Waals surface area contributed by atoms with Crippen molar-refractivity contribution in [1.29, 1.82) is 0 Å². The first-order valence-corrected chi connectivity index (χ1v) is 5.72. The lowest BCUT2D eigenvalue weighted by atomic mass is 10.3. The van der Waals surface area contributed by atoms with E-state index in [2.05, 4.69) is 0 Å².